The predicted octanol–water partition coefficient (Wildman–Crippen LogP) is -7.70. The third kappa shape index (κ3) is 43.9. The molecule has 228 valence electrons. The van der Waals surface area contributed by atoms with E-state index in [1.54, 1.807) is 0 Å². The molecule has 1 aliphatic carbocycles. The van der Waals surface area contributed by atoms with Crippen LogP contribution < -0.4 is 0 Å². The van der Waals surface area contributed by atoms with E-state index in [0.717, 1.165) is 0 Å². The fourth-order valence-electron chi connectivity index (χ4n) is 2.79. The van der Waals surface area contributed by atoms with Gasteiger partial charge in [0.05, 0.1) is 0 Å². The van der Waals surface area contributed by atoms with E-state index >= 15 is 0 Å². The van der Waals surface area contributed by atoms with Crippen LogP contribution in [0.3, 0.4) is 0 Å². The smallest absolute Gasteiger partial charge is 0.303 e. The molecule has 0 aromatic rings. The average molecular weight is 936 g/mol. The van der Waals surface area contributed by atoms with Crippen LogP contribution in [-0.2, 0) is 54.5 Å². The maximum Gasteiger partial charge on any atom is 0.470 e. The van der Waals surface area contributed by atoms with Crippen LogP contribution in [0.2, 0.25) is 0 Å². The van der Waals surface area contributed by atoms with E-state index in [1.165, 1.54) is 0 Å². The Morgan fingerprint density at radius 1 is 0.229 bits per heavy atom. The standard InChI is InChI=1S/C6H18O24P6.12Na/c7-31(8,9)25-1-2(26-32(10,11)12)4(28-34(16,17)18)6(30-36(22,23)24)5(29-35(19,20)21)3(1)27-33(13,14)15;;;;;;;;;;;;/h1-6H,(H2,7,8,9)(H2,10,11,12)(H2,13,14,15)(H2,16,17,18)(H2,19,20,21)(H2,22,23,24);;;;;;;;;;;;. The van der Waals surface area contributed by atoms with Crippen LogP contribution in [-0.4, -0.2) is 450 Å². The molecule has 1 saturated carbocycles. The van der Waals surface area contributed by atoms with Gasteiger partial charge in [0.1, 0.15) is 36.6 Å². The van der Waals surface area contributed by atoms with Crippen LogP contribution in [0.1, 0.15) is 0 Å². The summed E-state index contributed by atoms with van der Waals surface area (Å²) in [7, 11) is -36.1. The van der Waals surface area contributed by atoms with Gasteiger partial charge in [-0.25, -0.2) is 27.4 Å². The van der Waals surface area contributed by atoms with Crippen molar-refractivity contribution in [3.8, 4) is 0 Å². The first-order chi connectivity index (χ1) is 15.6. The molecule has 0 heterocycles. The van der Waals surface area contributed by atoms with Crippen molar-refractivity contribution in [3.63, 3.8) is 0 Å². The van der Waals surface area contributed by atoms with Gasteiger partial charge in [-0.05, 0) is 0 Å². The van der Waals surface area contributed by atoms with E-state index in [9.17, 15) is 27.4 Å². The molecule has 48 heavy (non-hydrogen) atoms. The molecular formula is C6H18Na12O24P6. The van der Waals surface area contributed by atoms with E-state index in [1.807, 2.05) is 0 Å². The molecule has 0 bridgehead atoms. The zero-order chi connectivity index (χ0) is 28.7. The Morgan fingerprint density at radius 3 is 0.333 bits per heavy atom. The summed E-state index contributed by atoms with van der Waals surface area (Å²) in [5.41, 5.74) is 0. The summed E-state index contributed by atoms with van der Waals surface area (Å²) >= 11 is 0. The molecule has 0 unspecified atom stereocenters. The molecule has 0 saturated heterocycles. The molecule has 0 amide bonds. The molecule has 12 radical (unpaired) electrons. The maximum absolute atomic E-state index is 11.4. The summed E-state index contributed by atoms with van der Waals surface area (Å²) in [4.78, 5) is 110. The minimum Gasteiger partial charge on any atom is -0.303 e. The first kappa shape index (κ1) is 91.2. The van der Waals surface area contributed by atoms with Gasteiger partial charge in [0.25, 0.3) is 0 Å². The Bertz CT molecular complexity index is 857. The summed E-state index contributed by atoms with van der Waals surface area (Å²) in [5.74, 6) is 0. The molecule has 0 aromatic carbocycles. The van der Waals surface area contributed by atoms with Crippen molar-refractivity contribution in [1.29, 1.82) is 0 Å². The Labute approximate surface area is 538 Å². The zero-order valence-corrected chi connectivity index (χ0v) is 57.8. The van der Waals surface area contributed by atoms with Gasteiger partial charge >= 0.3 is 46.9 Å². The van der Waals surface area contributed by atoms with Gasteiger partial charge < -0.3 is 58.7 Å². The van der Waals surface area contributed by atoms with Gasteiger partial charge in [0.2, 0.25) is 0 Å². The number of rotatable bonds is 12. The van der Waals surface area contributed by atoms with Crippen molar-refractivity contribution in [2.75, 3.05) is 0 Å². The van der Waals surface area contributed by atoms with E-state index in [2.05, 4.69) is 27.1 Å². The van der Waals surface area contributed by atoms with Crippen molar-refractivity contribution >= 4 is 402 Å². The van der Waals surface area contributed by atoms with Crippen molar-refractivity contribution in [2.24, 2.45) is 0 Å². The van der Waals surface area contributed by atoms with E-state index in [0.29, 0.717) is 0 Å². The van der Waals surface area contributed by atoms with Crippen molar-refractivity contribution in [1.82, 2.24) is 0 Å². The number of hydrogen-bond acceptors (Lipinski definition) is 12. The monoisotopic (exact) mass is 936 g/mol. The molecule has 0 atom stereocenters. The van der Waals surface area contributed by atoms with Crippen LogP contribution in [0, 0.1) is 0 Å². The Balaban J connectivity index is -0.000000108. The van der Waals surface area contributed by atoms with Gasteiger partial charge in [-0.1, -0.05) is 0 Å². The second kappa shape index (κ2) is 38.9. The molecule has 42 heteroatoms. The quantitative estimate of drug-likeness (QED) is 0.0639. The number of phosphoric acid groups is 6. The minimum atomic E-state index is -6.02. The first-order valence-corrected chi connectivity index (χ1v) is 17.2. The Hall–Kier alpha value is 12.7. The topological polar surface area (TPSA) is 401 Å². The minimum absolute atomic E-state index is 0. The van der Waals surface area contributed by atoms with Gasteiger partial charge in [0.15, 0.2) is 0 Å². The molecular weight excluding hydrogens is 918 g/mol. The number of phosphoric ester groups is 6. The van der Waals surface area contributed by atoms with Gasteiger partial charge in [-0.15, -0.1) is 0 Å². The van der Waals surface area contributed by atoms with Gasteiger partial charge in [0, 0.05) is 355 Å². The molecule has 0 aliphatic heterocycles. The summed E-state index contributed by atoms with van der Waals surface area (Å²) in [6.07, 6.45) is -18.9. The molecule has 1 aliphatic rings. The second-order valence-electron chi connectivity index (χ2n) is 6.36. The summed E-state index contributed by atoms with van der Waals surface area (Å²) in [6.45, 7) is 0. The van der Waals surface area contributed by atoms with Crippen molar-refractivity contribution in [3.05, 3.63) is 0 Å². The fourth-order valence-corrected chi connectivity index (χ4v) is 6.14. The molecule has 0 spiro atoms. The predicted molar refractivity (Wildman–Crippen MR) is 171 cm³/mol. The van der Waals surface area contributed by atoms with Gasteiger partial charge in [-0.3, -0.25) is 27.1 Å². The second-order valence-corrected chi connectivity index (χ2v) is 13.5. The van der Waals surface area contributed by atoms with Crippen LogP contribution in [0.4, 0.5) is 0 Å². The van der Waals surface area contributed by atoms with E-state index < -0.39 is 83.6 Å². The van der Waals surface area contributed by atoms with E-state index in [-0.39, 0.29) is 355 Å². The molecule has 1 rings (SSSR count). The average Bonchev–Trinajstić information content (AvgIpc) is 2.51. The zero-order valence-electron chi connectivity index (χ0n) is 28.4. The van der Waals surface area contributed by atoms with Crippen molar-refractivity contribution in [2.45, 2.75) is 36.6 Å². The molecule has 12 N–H and O–H groups in total. The largest absolute Gasteiger partial charge is 0.470 e. The fraction of sp³-hybridized carbons (Fsp3) is 1.00. The first-order valence-electron chi connectivity index (χ1n) is 8.01. The summed E-state index contributed by atoms with van der Waals surface area (Å²) in [6, 6.07) is 0. The SMILES string of the molecule is O=P(O)(O)OC1C(OP(=O)(O)O)C(OP(=O)(O)O)C(OP(=O)(O)O)C(OP(=O)(O)O)C1OP(=O)(O)O.[Na].[Na].[Na].[Na].[Na].[Na].[Na].[Na].[Na].[Na].[Na].[Na]. The maximum atomic E-state index is 11.4. The summed E-state index contributed by atoms with van der Waals surface area (Å²) < 4.78 is 93.1. The van der Waals surface area contributed by atoms with Crippen molar-refractivity contribution < 1.29 is 113 Å². The van der Waals surface area contributed by atoms with Crippen LogP contribution in [0.25, 0.3) is 0 Å². The van der Waals surface area contributed by atoms with E-state index in [4.69, 9.17) is 58.7 Å². The molecule has 0 aromatic heterocycles. The normalized spacial score (nSPS) is 22.0. The number of hydrogen-bond donors (Lipinski definition) is 12. The Morgan fingerprint density at radius 2 is 0.292 bits per heavy atom. The molecule has 1 fully saturated rings. The third-order valence-electron chi connectivity index (χ3n) is 3.50. The van der Waals surface area contributed by atoms with Crippen LogP contribution in [0.5, 0.6) is 0 Å². The van der Waals surface area contributed by atoms with Crippen LogP contribution >= 0.6 is 46.9 Å². The Kier molecular flexibility index (Phi) is 73.9. The van der Waals surface area contributed by atoms with Crippen LogP contribution in [0.15, 0.2) is 0 Å². The third-order valence-corrected chi connectivity index (χ3v) is 6.61. The van der Waals surface area contributed by atoms with Gasteiger partial charge in [-0.2, -0.15) is 0 Å². The summed E-state index contributed by atoms with van der Waals surface area (Å²) in [5, 5.41) is 0. The molecule has 24 nitrogen and oxygen atoms in total.